The van der Waals surface area contributed by atoms with Gasteiger partial charge in [0.25, 0.3) is 10.0 Å². The first-order valence-electron chi connectivity index (χ1n) is 8.39. The third kappa shape index (κ3) is 3.74. The lowest BCUT2D eigenvalue weighted by Crippen LogP contribution is -2.16. The summed E-state index contributed by atoms with van der Waals surface area (Å²) < 4.78 is 43.8. The molecule has 0 fully saturated rings. The Morgan fingerprint density at radius 2 is 1.85 bits per heavy atom. The highest BCUT2D eigenvalue weighted by Crippen LogP contribution is 2.40. The average Bonchev–Trinajstić information content (AvgIpc) is 3.03. The molecule has 1 aromatic heterocycles. The van der Waals surface area contributed by atoms with E-state index in [0.29, 0.717) is 11.3 Å². The van der Waals surface area contributed by atoms with E-state index in [4.69, 9.17) is 14.2 Å². The molecule has 0 unspecified atom stereocenters. The number of hydrogen-bond acceptors (Lipinski definition) is 7. The fourth-order valence-corrected chi connectivity index (χ4v) is 5.89. The Bertz CT molecular complexity index is 964. The number of carbonyl (C=O) groups excluding carboxylic acids is 1. The van der Waals surface area contributed by atoms with E-state index >= 15 is 0 Å². The van der Waals surface area contributed by atoms with Crippen LogP contribution in [0.2, 0.25) is 0 Å². The van der Waals surface area contributed by atoms with Gasteiger partial charge in [0, 0.05) is 10.9 Å². The van der Waals surface area contributed by atoms with Crippen LogP contribution in [-0.2, 0) is 27.6 Å². The van der Waals surface area contributed by atoms with Crippen molar-refractivity contribution < 1.29 is 27.4 Å². The van der Waals surface area contributed by atoms with Crippen LogP contribution in [0.4, 0.5) is 5.00 Å². The van der Waals surface area contributed by atoms with Gasteiger partial charge in [-0.05, 0) is 43.4 Å². The number of carbonyl (C=O) groups is 1. The number of esters is 1. The lowest BCUT2D eigenvalue weighted by atomic mass is 9.95. The van der Waals surface area contributed by atoms with Gasteiger partial charge in [-0.3, -0.25) is 4.72 Å². The number of ether oxygens (including phenoxy) is 3. The second-order valence-electron chi connectivity index (χ2n) is 6.03. The minimum absolute atomic E-state index is 0.0634. The molecule has 1 aliphatic carbocycles. The van der Waals surface area contributed by atoms with Gasteiger partial charge in [-0.15, -0.1) is 11.3 Å². The maximum absolute atomic E-state index is 13.0. The summed E-state index contributed by atoms with van der Waals surface area (Å²) in [7, 11) is 0.132. The molecular weight excluding hydrogens is 390 g/mol. The van der Waals surface area contributed by atoms with E-state index in [1.807, 2.05) is 0 Å². The third-order valence-corrected chi connectivity index (χ3v) is 7.16. The van der Waals surface area contributed by atoms with Crippen molar-refractivity contribution in [2.75, 3.05) is 26.1 Å². The van der Waals surface area contributed by atoms with Crippen LogP contribution in [0.5, 0.6) is 11.5 Å². The molecule has 2 aromatic rings. The summed E-state index contributed by atoms with van der Waals surface area (Å²) in [6.45, 7) is 0. The van der Waals surface area contributed by atoms with Crippen LogP contribution in [0.25, 0.3) is 0 Å². The van der Waals surface area contributed by atoms with Crippen molar-refractivity contribution in [3.05, 3.63) is 34.2 Å². The fourth-order valence-electron chi connectivity index (χ4n) is 3.13. The molecule has 0 saturated carbocycles. The predicted octanol–water partition coefficient (Wildman–Crippen LogP) is 3.23. The maximum atomic E-state index is 13.0. The standard InChI is InChI=1S/C18H21NO6S2/c1-23-11-8-9-13(24-2)15(10-11)27(21,22)19-17-16(18(20)25-3)12-6-4-5-7-14(12)26-17/h8-10,19H,4-7H2,1-3H3. The second-order valence-corrected chi connectivity index (χ2v) is 8.78. The van der Waals surface area contributed by atoms with E-state index in [-0.39, 0.29) is 15.6 Å². The minimum Gasteiger partial charge on any atom is -0.497 e. The number of nitrogens with one attached hydrogen (secondary N) is 1. The van der Waals surface area contributed by atoms with Crippen molar-refractivity contribution >= 4 is 32.3 Å². The zero-order valence-electron chi connectivity index (χ0n) is 15.3. The first-order valence-corrected chi connectivity index (χ1v) is 10.7. The van der Waals surface area contributed by atoms with E-state index in [1.165, 1.54) is 44.8 Å². The molecule has 0 radical (unpaired) electrons. The van der Waals surface area contributed by atoms with Gasteiger partial charge in [-0.1, -0.05) is 0 Å². The molecule has 1 aromatic carbocycles. The topological polar surface area (TPSA) is 90.9 Å². The molecule has 1 aliphatic rings. The normalized spacial score (nSPS) is 13.6. The molecule has 1 heterocycles. The van der Waals surface area contributed by atoms with Crippen molar-refractivity contribution in [1.29, 1.82) is 0 Å². The summed E-state index contributed by atoms with van der Waals surface area (Å²) >= 11 is 1.29. The van der Waals surface area contributed by atoms with Gasteiger partial charge >= 0.3 is 5.97 Å². The van der Waals surface area contributed by atoms with E-state index in [1.54, 1.807) is 6.07 Å². The number of anilines is 1. The molecule has 0 spiro atoms. The Kier molecular flexibility index (Phi) is 5.61. The number of hydrogen-bond donors (Lipinski definition) is 1. The summed E-state index contributed by atoms with van der Waals surface area (Å²) in [6, 6.07) is 4.52. The lowest BCUT2D eigenvalue weighted by molar-refractivity contribution is 0.0601. The average molecular weight is 412 g/mol. The number of thiophene rings is 1. The number of benzene rings is 1. The smallest absolute Gasteiger partial charge is 0.341 e. The molecule has 1 N–H and O–H groups in total. The third-order valence-electron chi connectivity index (χ3n) is 4.45. The predicted molar refractivity (Wildman–Crippen MR) is 103 cm³/mol. The zero-order chi connectivity index (χ0) is 19.6. The molecule has 146 valence electrons. The van der Waals surface area contributed by atoms with Crippen LogP contribution in [0.3, 0.4) is 0 Å². The van der Waals surface area contributed by atoms with Crippen molar-refractivity contribution in [2.45, 2.75) is 30.6 Å². The summed E-state index contributed by atoms with van der Waals surface area (Å²) in [6.07, 6.45) is 3.54. The van der Waals surface area contributed by atoms with Gasteiger partial charge in [0.15, 0.2) is 0 Å². The molecule has 0 bridgehead atoms. The lowest BCUT2D eigenvalue weighted by Gasteiger charge is -2.13. The Morgan fingerprint density at radius 1 is 1.11 bits per heavy atom. The van der Waals surface area contributed by atoms with Gasteiger partial charge < -0.3 is 14.2 Å². The molecule has 0 amide bonds. The van der Waals surface area contributed by atoms with Crippen molar-refractivity contribution in [1.82, 2.24) is 0 Å². The number of fused-ring (bicyclic) bond motifs is 1. The molecule has 7 nitrogen and oxygen atoms in total. The Labute approximate surface area is 162 Å². The van der Waals surface area contributed by atoms with E-state index in [9.17, 15) is 13.2 Å². The van der Waals surface area contributed by atoms with Gasteiger partial charge in [0.1, 0.15) is 21.4 Å². The highest BCUT2D eigenvalue weighted by Gasteiger charge is 2.30. The number of methoxy groups -OCH3 is 3. The highest BCUT2D eigenvalue weighted by molar-refractivity contribution is 7.93. The Hall–Kier alpha value is -2.26. The number of rotatable bonds is 6. The van der Waals surface area contributed by atoms with Crippen molar-refractivity contribution in [3.8, 4) is 11.5 Å². The molecule has 3 rings (SSSR count). The monoisotopic (exact) mass is 411 g/mol. The molecule has 27 heavy (non-hydrogen) atoms. The molecular formula is C18H21NO6S2. The zero-order valence-corrected chi connectivity index (χ0v) is 17.0. The second kappa shape index (κ2) is 7.77. The van der Waals surface area contributed by atoms with E-state index in [0.717, 1.165) is 36.1 Å². The SMILES string of the molecule is COC(=O)c1c(NS(=O)(=O)c2cc(OC)ccc2OC)sc2c1CCCC2. The van der Waals surface area contributed by atoms with Crippen LogP contribution in [-0.4, -0.2) is 35.7 Å². The molecule has 9 heteroatoms. The van der Waals surface area contributed by atoms with E-state index in [2.05, 4.69) is 4.72 Å². The van der Waals surface area contributed by atoms with Gasteiger partial charge in [-0.25, -0.2) is 13.2 Å². The Balaban J connectivity index is 2.07. The minimum atomic E-state index is -4.00. The van der Waals surface area contributed by atoms with Crippen LogP contribution < -0.4 is 14.2 Å². The van der Waals surface area contributed by atoms with Crippen LogP contribution in [0.1, 0.15) is 33.6 Å². The van der Waals surface area contributed by atoms with Crippen molar-refractivity contribution in [2.24, 2.45) is 0 Å². The summed E-state index contributed by atoms with van der Waals surface area (Å²) in [5, 5.41) is 0.277. The maximum Gasteiger partial charge on any atom is 0.341 e. The van der Waals surface area contributed by atoms with Crippen LogP contribution in [0, 0.1) is 0 Å². The van der Waals surface area contributed by atoms with Gasteiger partial charge in [0.2, 0.25) is 0 Å². The van der Waals surface area contributed by atoms with Crippen LogP contribution >= 0.6 is 11.3 Å². The van der Waals surface area contributed by atoms with Crippen LogP contribution in [0.15, 0.2) is 23.1 Å². The largest absolute Gasteiger partial charge is 0.497 e. The quantitative estimate of drug-likeness (QED) is 0.734. The van der Waals surface area contributed by atoms with Crippen molar-refractivity contribution in [3.63, 3.8) is 0 Å². The fraction of sp³-hybridized carbons (Fsp3) is 0.389. The molecule has 0 saturated heterocycles. The van der Waals surface area contributed by atoms with Gasteiger partial charge in [-0.2, -0.15) is 0 Å². The summed E-state index contributed by atoms with van der Waals surface area (Å²) in [4.78, 5) is 13.3. The summed E-state index contributed by atoms with van der Waals surface area (Å²) in [5.74, 6) is 0.0313. The highest BCUT2D eigenvalue weighted by atomic mass is 32.2. The number of sulfonamides is 1. The van der Waals surface area contributed by atoms with Gasteiger partial charge in [0.05, 0.1) is 26.9 Å². The summed E-state index contributed by atoms with van der Waals surface area (Å²) in [5.41, 5.74) is 1.19. The first kappa shape index (κ1) is 19.5. The van der Waals surface area contributed by atoms with E-state index < -0.39 is 16.0 Å². The first-order chi connectivity index (χ1) is 12.9. The number of aryl methyl sites for hydroxylation is 1. The molecule has 0 atom stereocenters. The molecule has 0 aliphatic heterocycles. The Morgan fingerprint density at radius 3 is 2.52 bits per heavy atom.